The van der Waals surface area contributed by atoms with E-state index in [9.17, 15) is 9.59 Å². The van der Waals surface area contributed by atoms with E-state index in [0.29, 0.717) is 19.4 Å². The van der Waals surface area contributed by atoms with E-state index >= 15 is 0 Å². The van der Waals surface area contributed by atoms with Gasteiger partial charge in [-0.05, 0) is 89.9 Å². The van der Waals surface area contributed by atoms with E-state index in [1.54, 1.807) is 0 Å². The molecule has 0 aromatic rings. The first-order valence-electron chi connectivity index (χ1n) is 29.5. The van der Waals surface area contributed by atoms with Gasteiger partial charge in [0.2, 0.25) is 0 Å². The fourth-order valence-corrected chi connectivity index (χ4v) is 8.36. The number of carbonyl (C=O) groups excluding carboxylic acids is 2. The van der Waals surface area contributed by atoms with E-state index in [4.69, 9.17) is 14.2 Å². The quantitative estimate of drug-likeness (QED) is 0.0345. The van der Waals surface area contributed by atoms with Crippen LogP contribution >= 0.6 is 0 Å². The lowest BCUT2D eigenvalue weighted by Crippen LogP contribution is -2.30. The van der Waals surface area contributed by atoms with Crippen molar-refractivity contribution in [3.63, 3.8) is 0 Å². The van der Waals surface area contributed by atoms with Gasteiger partial charge < -0.3 is 14.2 Å². The third-order valence-electron chi connectivity index (χ3n) is 12.7. The molecular formula is C63H112O5. The number of allylic oxidation sites excluding steroid dienone is 12. The van der Waals surface area contributed by atoms with Gasteiger partial charge in [0.25, 0.3) is 0 Å². The zero-order valence-corrected chi connectivity index (χ0v) is 45.4. The first-order chi connectivity index (χ1) is 33.6. The highest BCUT2D eigenvalue weighted by Crippen LogP contribution is 2.16. The number of unbranched alkanes of at least 4 members (excludes halogenated alkanes) is 31. The second kappa shape index (κ2) is 58.7. The van der Waals surface area contributed by atoms with Crippen molar-refractivity contribution < 1.29 is 23.8 Å². The minimum Gasteiger partial charge on any atom is -0.462 e. The predicted molar refractivity (Wildman–Crippen MR) is 297 cm³/mol. The molecule has 0 aromatic carbocycles. The van der Waals surface area contributed by atoms with Crippen LogP contribution in [0.3, 0.4) is 0 Å². The Hall–Kier alpha value is -2.66. The maximum absolute atomic E-state index is 12.9. The lowest BCUT2D eigenvalue weighted by atomic mass is 10.0. The number of hydrogen-bond acceptors (Lipinski definition) is 5. The third-order valence-corrected chi connectivity index (χ3v) is 12.7. The van der Waals surface area contributed by atoms with Crippen molar-refractivity contribution in [2.45, 2.75) is 297 Å². The van der Waals surface area contributed by atoms with Gasteiger partial charge in [0, 0.05) is 19.4 Å². The van der Waals surface area contributed by atoms with Crippen LogP contribution < -0.4 is 0 Å². The molecule has 0 aliphatic heterocycles. The van der Waals surface area contributed by atoms with Gasteiger partial charge in [-0.25, -0.2) is 0 Å². The average molecular weight is 950 g/mol. The van der Waals surface area contributed by atoms with E-state index in [0.717, 1.165) is 89.9 Å². The van der Waals surface area contributed by atoms with Crippen LogP contribution in [0.2, 0.25) is 0 Å². The summed E-state index contributed by atoms with van der Waals surface area (Å²) in [5, 5.41) is 0. The van der Waals surface area contributed by atoms with Gasteiger partial charge in [0.1, 0.15) is 6.61 Å². The van der Waals surface area contributed by atoms with E-state index in [1.807, 2.05) is 0 Å². The average Bonchev–Trinajstić information content (AvgIpc) is 3.34. The van der Waals surface area contributed by atoms with E-state index in [2.05, 4.69) is 93.7 Å². The van der Waals surface area contributed by atoms with Crippen molar-refractivity contribution in [3.05, 3.63) is 72.9 Å². The molecule has 1 atom stereocenters. The second-order valence-electron chi connectivity index (χ2n) is 19.5. The summed E-state index contributed by atoms with van der Waals surface area (Å²) >= 11 is 0. The smallest absolute Gasteiger partial charge is 0.306 e. The molecule has 0 saturated heterocycles. The summed E-state index contributed by atoms with van der Waals surface area (Å²) < 4.78 is 17.5. The zero-order valence-electron chi connectivity index (χ0n) is 45.4. The molecule has 5 nitrogen and oxygen atoms in total. The van der Waals surface area contributed by atoms with Crippen LogP contribution in [0.25, 0.3) is 0 Å². The fraction of sp³-hybridized carbons (Fsp3) is 0.778. The molecule has 394 valence electrons. The Bertz CT molecular complexity index is 1210. The number of carbonyl (C=O) groups is 2. The summed E-state index contributed by atoms with van der Waals surface area (Å²) in [7, 11) is 0. The largest absolute Gasteiger partial charge is 0.462 e. The van der Waals surface area contributed by atoms with Gasteiger partial charge in [-0.1, -0.05) is 261 Å². The molecule has 0 unspecified atom stereocenters. The van der Waals surface area contributed by atoms with Gasteiger partial charge in [-0.2, -0.15) is 0 Å². The van der Waals surface area contributed by atoms with Crippen LogP contribution in [0.15, 0.2) is 72.9 Å². The van der Waals surface area contributed by atoms with Crippen LogP contribution in [0.4, 0.5) is 0 Å². The van der Waals surface area contributed by atoms with E-state index in [-0.39, 0.29) is 25.2 Å². The van der Waals surface area contributed by atoms with Crippen molar-refractivity contribution in [1.29, 1.82) is 0 Å². The van der Waals surface area contributed by atoms with E-state index < -0.39 is 6.10 Å². The summed E-state index contributed by atoms with van der Waals surface area (Å²) in [5.41, 5.74) is 0. The molecule has 0 aliphatic carbocycles. The first-order valence-corrected chi connectivity index (χ1v) is 29.5. The van der Waals surface area contributed by atoms with E-state index in [1.165, 1.54) is 167 Å². The highest BCUT2D eigenvalue weighted by Gasteiger charge is 2.17. The van der Waals surface area contributed by atoms with Crippen molar-refractivity contribution in [3.8, 4) is 0 Å². The van der Waals surface area contributed by atoms with Gasteiger partial charge in [0.15, 0.2) is 6.10 Å². The van der Waals surface area contributed by atoms with Gasteiger partial charge in [-0.15, -0.1) is 0 Å². The van der Waals surface area contributed by atoms with Gasteiger partial charge in [0.05, 0.1) is 6.61 Å². The molecule has 0 saturated carbocycles. The molecule has 68 heavy (non-hydrogen) atoms. The number of rotatable bonds is 54. The van der Waals surface area contributed by atoms with Crippen molar-refractivity contribution >= 4 is 11.9 Å². The molecule has 5 heteroatoms. The number of ether oxygens (including phenoxy) is 3. The molecule has 0 spiro atoms. The molecule has 0 amide bonds. The number of hydrogen-bond donors (Lipinski definition) is 0. The molecule has 0 radical (unpaired) electrons. The zero-order chi connectivity index (χ0) is 49.2. The predicted octanol–water partition coefficient (Wildman–Crippen LogP) is 20.2. The standard InChI is InChI=1S/C63H112O5/c1-4-7-10-13-16-19-22-25-28-31-32-34-35-38-41-44-47-50-53-56-62(64)67-60-61(59-66-58-55-52-49-46-43-40-37-30-27-24-21-18-15-12-9-6-3)68-63(65)57-54-51-48-45-42-39-36-33-29-26-23-20-17-14-11-8-5-2/h8,11,16-17,19-20,25-26,28-29,36,39,61H,4-7,9-10,12-15,18,21-24,27,30-35,37-38,40-60H2,1-3H3/b11-8-,19-16-,20-17-,28-25-,29-26-,39-36-/t61-/m1/s1. The molecule has 0 aromatic heterocycles. The summed E-state index contributed by atoms with van der Waals surface area (Å²) in [6.45, 7) is 7.70. The minimum absolute atomic E-state index is 0.0738. The molecule has 0 aliphatic rings. The van der Waals surface area contributed by atoms with Crippen LogP contribution in [-0.4, -0.2) is 37.9 Å². The van der Waals surface area contributed by atoms with Gasteiger partial charge in [-0.3, -0.25) is 9.59 Å². The van der Waals surface area contributed by atoms with Crippen molar-refractivity contribution in [2.75, 3.05) is 19.8 Å². The lowest BCUT2D eigenvalue weighted by Gasteiger charge is -2.18. The topological polar surface area (TPSA) is 61.8 Å². The van der Waals surface area contributed by atoms with Crippen molar-refractivity contribution in [2.24, 2.45) is 0 Å². The molecule has 0 fully saturated rings. The summed E-state index contributed by atoms with van der Waals surface area (Å²) in [5.74, 6) is -0.418. The molecular weight excluding hydrogens is 837 g/mol. The fourth-order valence-electron chi connectivity index (χ4n) is 8.36. The summed E-state index contributed by atoms with van der Waals surface area (Å²) in [6.07, 6.45) is 76.4. The van der Waals surface area contributed by atoms with Crippen LogP contribution in [0, 0.1) is 0 Å². The molecule has 0 heterocycles. The lowest BCUT2D eigenvalue weighted by molar-refractivity contribution is -0.163. The molecule has 0 N–H and O–H groups in total. The Morgan fingerprint density at radius 2 is 0.662 bits per heavy atom. The molecule has 0 rings (SSSR count). The monoisotopic (exact) mass is 949 g/mol. The number of esters is 2. The maximum atomic E-state index is 12.9. The normalized spacial score (nSPS) is 12.7. The highest BCUT2D eigenvalue weighted by molar-refractivity contribution is 5.70. The first kappa shape index (κ1) is 65.3. The Balaban J connectivity index is 4.30. The summed E-state index contributed by atoms with van der Waals surface area (Å²) in [6, 6.07) is 0. The van der Waals surface area contributed by atoms with Crippen LogP contribution in [0.1, 0.15) is 290 Å². The SMILES string of the molecule is CC/C=C\C/C=C\C/C=C\C/C=C\CCCCCCC(=O)O[C@H](COCCCCCCCCCCCCCCCCCC)COC(=O)CCCCCCCCCCC/C=C\C/C=C\CCCCC. The highest BCUT2D eigenvalue weighted by atomic mass is 16.6. The Labute approximate surface area is 423 Å². The molecule has 0 bridgehead atoms. The maximum Gasteiger partial charge on any atom is 0.306 e. The van der Waals surface area contributed by atoms with Crippen LogP contribution in [0.5, 0.6) is 0 Å². The second-order valence-corrected chi connectivity index (χ2v) is 19.5. The van der Waals surface area contributed by atoms with Gasteiger partial charge >= 0.3 is 11.9 Å². The van der Waals surface area contributed by atoms with Crippen LogP contribution in [-0.2, 0) is 23.8 Å². The Morgan fingerprint density at radius 3 is 1.09 bits per heavy atom. The Kier molecular flexibility index (Phi) is 56.4. The Morgan fingerprint density at radius 1 is 0.338 bits per heavy atom. The minimum atomic E-state index is -0.552. The third kappa shape index (κ3) is 55.9. The van der Waals surface area contributed by atoms with Crippen molar-refractivity contribution in [1.82, 2.24) is 0 Å². The summed E-state index contributed by atoms with van der Waals surface area (Å²) in [4.78, 5) is 25.5.